The lowest BCUT2D eigenvalue weighted by Gasteiger charge is -2.28. The van der Waals surface area contributed by atoms with Gasteiger partial charge in [0.2, 0.25) is 13.8 Å². The van der Waals surface area contributed by atoms with Crippen molar-refractivity contribution in [1.82, 2.24) is 4.72 Å². The highest BCUT2D eigenvalue weighted by Crippen LogP contribution is 2.62. The third-order valence-corrected chi connectivity index (χ3v) is 7.80. The number of benzene rings is 1. The van der Waals surface area contributed by atoms with Gasteiger partial charge in [-0.25, -0.2) is 8.42 Å². The zero-order chi connectivity index (χ0) is 16.6. The maximum atomic E-state index is 12.7. The van der Waals surface area contributed by atoms with Crippen LogP contribution in [0.25, 0.3) is 0 Å². The second kappa shape index (κ2) is 6.57. The van der Waals surface area contributed by atoms with Crippen molar-refractivity contribution in [3.63, 3.8) is 0 Å². The third-order valence-electron chi connectivity index (χ3n) is 2.76. The van der Waals surface area contributed by atoms with E-state index in [0.29, 0.717) is 0 Å². The quantitative estimate of drug-likeness (QED) is 0.611. The molecule has 1 aromatic carbocycles. The van der Waals surface area contributed by atoms with E-state index in [4.69, 9.17) is 43.9 Å². The maximum absolute atomic E-state index is 12.7. The number of rotatable bonds is 4. The minimum absolute atomic E-state index is 0.0155. The minimum Gasteiger partial charge on any atom is -0.305 e. The molecule has 1 N–H and O–H groups in total. The summed E-state index contributed by atoms with van der Waals surface area (Å²) in [5, 5.41) is 0. The van der Waals surface area contributed by atoms with E-state index in [-0.39, 0.29) is 11.5 Å². The van der Waals surface area contributed by atoms with Crippen molar-refractivity contribution < 1.29 is 22.0 Å². The molecule has 1 aromatic rings. The van der Waals surface area contributed by atoms with Crippen LogP contribution in [-0.4, -0.2) is 30.7 Å². The molecular formula is C11H13Cl3NO5PS. The Labute approximate surface area is 143 Å². The van der Waals surface area contributed by atoms with Gasteiger partial charge in [0.1, 0.15) is 0 Å². The predicted molar refractivity (Wildman–Crippen MR) is 84.9 cm³/mol. The molecule has 3 atom stereocenters. The predicted octanol–water partition coefficient (Wildman–Crippen LogP) is 3.29. The molecule has 1 saturated heterocycles. The summed E-state index contributed by atoms with van der Waals surface area (Å²) in [6.45, 7) is 1.63. The molecule has 0 aromatic heterocycles. The van der Waals surface area contributed by atoms with Crippen LogP contribution in [0, 0.1) is 0 Å². The van der Waals surface area contributed by atoms with Crippen LogP contribution in [-0.2, 0) is 23.6 Å². The Hall–Kier alpha value is 0.150. The van der Waals surface area contributed by atoms with Gasteiger partial charge in [0, 0.05) is 0 Å². The molecule has 2 rings (SSSR count). The summed E-state index contributed by atoms with van der Waals surface area (Å²) in [7, 11) is -8.03. The molecule has 6 nitrogen and oxygen atoms in total. The second-order valence-corrected chi connectivity index (χ2v) is 10.8. The van der Waals surface area contributed by atoms with Gasteiger partial charge in [-0.05, 0) is 19.1 Å². The lowest BCUT2D eigenvalue weighted by molar-refractivity contribution is 0.254. The largest absolute Gasteiger partial charge is 0.353 e. The molecule has 1 heterocycles. The topological polar surface area (TPSA) is 81.7 Å². The van der Waals surface area contributed by atoms with Crippen LogP contribution >= 0.6 is 42.4 Å². The molecule has 0 amide bonds. The molecule has 124 valence electrons. The Balaban J connectivity index is 2.35. The Bertz CT molecular complexity index is 679. The molecule has 0 aliphatic carbocycles. The van der Waals surface area contributed by atoms with Gasteiger partial charge in [-0.3, -0.25) is 4.57 Å². The van der Waals surface area contributed by atoms with Crippen molar-refractivity contribution in [2.24, 2.45) is 0 Å². The summed E-state index contributed by atoms with van der Waals surface area (Å²) in [4.78, 5) is -0.0619. The van der Waals surface area contributed by atoms with Gasteiger partial charge < -0.3 is 9.05 Å². The van der Waals surface area contributed by atoms with Crippen molar-refractivity contribution in [3.05, 3.63) is 30.3 Å². The summed E-state index contributed by atoms with van der Waals surface area (Å²) < 4.78 is 47.5. The zero-order valence-corrected chi connectivity index (χ0v) is 15.3. The Kier molecular flexibility index (Phi) is 5.52. The summed E-state index contributed by atoms with van der Waals surface area (Å²) in [6.07, 6.45) is -0.498. The zero-order valence-electron chi connectivity index (χ0n) is 11.3. The van der Waals surface area contributed by atoms with E-state index in [2.05, 4.69) is 4.72 Å². The smallest absolute Gasteiger partial charge is 0.305 e. The minimum atomic E-state index is -4.07. The summed E-state index contributed by atoms with van der Waals surface area (Å²) in [5.74, 6) is -1.67. The molecule has 0 radical (unpaired) electrons. The molecule has 0 unspecified atom stereocenters. The van der Waals surface area contributed by atoms with Crippen LogP contribution in [0.2, 0.25) is 0 Å². The first kappa shape index (κ1) is 18.5. The van der Waals surface area contributed by atoms with Crippen molar-refractivity contribution in [2.75, 3.05) is 6.61 Å². The molecule has 11 heteroatoms. The summed E-state index contributed by atoms with van der Waals surface area (Å²) >= 11 is 17.3. The van der Waals surface area contributed by atoms with E-state index in [1.165, 1.54) is 24.3 Å². The first-order chi connectivity index (χ1) is 10.0. The molecule has 0 bridgehead atoms. The standard InChI is InChI=1S/C11H13Cl3NO5PS/c1-8-7-19-21(16,20-8)10(11(12,13)14)15-22(17,18)9-5-3-2-4-6-9/h2-6,8,10,15H,7H2,1H3/t8-,10-,21+/m1/s1. The normalized spacial score (nSPS) is 27.7. The maximum Gasteiger partial charge on any atom is 0.353 e. The number of halogens is 3. The fourth-order valence-electron chi connectivity index (χ4n) is 1.78. The van der Waals surface area contributed by atoms with E-state index in [0.717, 1.165) is 0 Å². The molecule has 22 heavy (non-hydrogen) atoms. The van der Waals surface area contributed by atoms with Crippen LogP contribution in [0.15, 0.2) is 35.2 Å². The molecule has 1 aliphatic rings. The van der Waals surface area contributed by atoms with Gasteiger partial charge >= 0.3 is 7.60 Å². The number of sulfonamides is 1. The van der Waals surface area contributed by atoms with Crippen molar-refractivity contribution in [1.29, 1.82) is 0 Å². The van der Waals surface area contributed by atoms with Crippen molar-refractivity contribution in [3.8, 4) is 0 Å². The van der Waals surface area contributed by atoms with Crippen LogP contribution in [0.4, 0.5) is 0 Å². The molecular weight excluding hydrogens is 396 g/mol. The fourth-order valence-corrected chi connectivity index (χ4v) is 6.94. The Morgan fingerprint density at radius 2 is 1.91 bits per heavy atom. The lowest BCUT2D eigenvalue weighted by atomic mass is 10.4. The van der Waals surface area contributed by atoms with Gasteiger partial charge in [0.25, 0.3) is 0 Å². The van der Waals surface area contributed by atoms with Gasteiger partial charge in [-0.15, -0.1) is 0 Å². The van der Waals surface area contributed by atoms with Crippen LogP contribution in [0.1, 0.15) is 6.92 Å². The number of nitrogens with one attached hydrogen (secondary N) is 1. The number of hydrogen-bond donors (Lipinski definition) is 1. The van der Waals surface area contributed by atoms with Crippen LogP contribution in [0.3, 0.4) is 0 Å². The average molecular weight is 409 g/mol. The highest BCUT2D eigenvalue weighted by molar-refractivity contribution is 7.89. The van der Waals surface area contributed by atoms with E-state index < -0.39 is 33.3 Å². The van der Waals surface area contributed by atoms with E-state index >= 15 is 0 Å². The Morgan fingerprint density at radius 3 is 2.36 bits per heavy atom. The first-order valence-corrected chi connectivity index (χ1v) is 10.3. The summed E-state index contributed by atoms with van der Waals surface area (Å²) in [5.41, 5.74) is 0. The monoisotopic (exact) mass is 407 g/mol. The molecule has 1 fully saturated rings. The molecule has 0 saturated carbocycles. The van der Waals surface area contributed by atoms with Crippen molar-refractivity contribution >= 4 is 52.4 Å². The number of alkyl halides is 3. The number of hydrogen-bond acceptors (Lipinski definition) is 5. The highest BCUT2D eigenvalue weighted by atomic mass is 35.6. The second-order valence-electron chi connectivity index (χ2n) is 4.63. The van der Waals surface area contributed by atoms with E-state index in [1.807, 2.05) is 0 Å². The van der Waals surface area contributed by atoms with Crippen LogP contribution < -0.4 is 4.72 Å². The first-order valence-electron chi connectivity index (χ1n) is 6.11. The van der Waals surface area contributed by atoms with E-state index in [1.54, 1.807) is 13.0 Å². The fraction of sp³-hybridized carbons (Fsp3) is 0.455. The van der Waals surface area contributed by atoms with E-state index in [9.17, 15) is 13.0 Å². The Morgan fingerprint density at radius 1 is 1.32 bits per heavy atom. The van der Waals surface area contributed by atoms with Crippen LogP contribution in [0.5, 0.6) is 0 Å². The highest BCUT2D eigenvalue weighted by Gasteiger charge is 2.54. The average Bonchev–Trinajstić information content (AvgIpc) is 2.76. The van der Waals surface area contributed by atoms with Gasteiger partial charge in [-0.2, -0.15) is 4.72 Å². The third kappa shape index (κ3) is 4.16. The summed E-state index contributed by atoms with van der Waals surface area (Å²) in [6, 6.07) is 7.43. The van der Waals surface area contributed by atoms with Crippen molar-refractivity contribution in [2.45, 2.75) is 27.5 Å². The van der Waals surface area contributed by atoms with Gasteiger partial charge in [0.05, 0.1) is 17.6 Å². The lowest BCUT2D eigenvalue weighted by Crippen LogP contribution is -2.43. The SMILES string of the molecule is C[C@@H]1CO[P@@](=O)([C@@H](NS(=O)(=O)c2ccccc2)C(Cl)(Cl)Cl)O1. The molecule has 1 aliphatic heterocycles. The van der Waals surface area contributed by atoms with Gasteiger partial charge in [-0.1, -0.05) is 53.0 Å². The van der Waals surface area contributed by atoms with Gasteiger partial charge in [0.15, 0.2) is 5.78 Å². The molecule has 0 spiro atoms.